The summed E-state index contributed by atoms with van der Waals surface area (Å²) in [5, 5.41) is 3.29. The Morgan fingerprint density at radius 1 is 1.21 bits per heavy atom. The van der Waals surface area contributed by atoms with Gasteiger partial charge < -0.3 is 10.1 Å². The van der Waals surface area contributed by atoms with E-state index < -0.39 is 5.95 Å². The van der Waals surface area contributed by atoms with Crippen LogP contribution in [0, 0.1) is 5.95 Å². The molecule has 0 spiro atoms. The predicted molar refractivity (Wildman–Crippen MR) is 74.0 cm³/mol. The topological polar surface area (TPSA) is 34.1 Å². The van der Waals surface area contributed by atoms with E-state index in [0.717, 1.165) is 17.9 Å². The molecule has 0 radical (unpaired) electrons. The minimum atomic E-state index is -0.464. The standard InChI is InChI=1S/C15H17FN2O/c1-11(18-13-5-8-15(16)17-10-13)9-12-3-6-14(19-2)7-4-12/h3-8,10-11,18H,9H2,1-2H3. The number of methoxy groups -OCH3 is 1. The van der Waals surface area contributed by atoms with Crippen molar-refractivity contribution in [2.24, 2.45) is 0 Å². The molecule has 19 heavy (non-hydrogen) atoms. The van der Waals surface area contributed by atoms with Crippen LogP contribution < -0.4 is 10.1 Å². The Morgan fingerprint density at radius 2 is 1.95 bits per heavy atom. The van der Waals surface area contributed by atoms with Gasteiger partial charge in [0.15, 0.2) is 0 Å². The fourth-order valence-corrected chi connectivity index (χ4v) is 1.91. The molecule has 100 valence electrons. The minimum absolute atomic E-state index is 0.237. The summed E-state index contributed by atoms with van der Waals surface area (Å²) in [6.07, 6.45) is 2.38. The first-order chi connectivity index (χ1) is 9.17. The van der Waals surface area contributed by atoms with Crippen LogP contribution in [0.5, 0.6) is 5.75 Å². The number of hydrogen-bond donors (Lipinski definition) is 1. The molecule has 0 fully saturated rings. The number of aromatic nitrogens is 1. The Hall–Kier alpha value is -2.10. The van der Waals surface area contributed by atoms with E-state index >= 15 is 0 Å². The molecule has 4 heteroatoms. The van der Waals surface area contributed by atoms with E-state index in [9.17, 15) is 4.39 Å². The largest absolute Gasteiger partial charge is 0.497 e. The third kappa shape index (κ3) is 3.95. The van der Waals surface area contributed by atoms with Crippen LogP contribution in [0.25, 0.3) is 0 Å². The van der Waals surface area contributed by atoms with Crippen LogP contribution in [0.3, 0.4) is 0 Å². The lowest BCUT2D eigenvalue weighted by Crippen LogP contribution is -2.18. The number of halogens is 1. The van der Waals surface area contributed by atoms with Crippen molar-refractivity contribution in [2.75, 3.05) is 12.4 Å². The number of nitrogens with zero attached hydrogens (tertiary/aromatic N) is 1. The van der Waals surface area contributed by atoms with E-state index in [1.54, 1.807) is 13.2 Å². The molecule has 1 atom stereocenters. The van der Waals surface area contributed by atoms with E-state index in [1.807, 2.05) is 24.3 Å². The molecule has 1 heterocycles. The van der Waals surface area contributed by atoms with Crippen molar-refractivity contribution in [1.29, 1.82) is 0 Å². The molecule has 0 bridgehead atoms. The smallest absolute Gasteiger partial charge is 0.212 e. The SMILES string of the molecule is COc1ccc(CC(C)Nc2ccc(F)nc2)cc1. The van der Waals surface area contributed by atoms with Crippen molar-refractivity contribution < 1.29 is 9.13 Å². The van der Waals surface area contributed by atoms with E-state index in [2.05, 4.69) is 17.2 Å². The second kappa shape index (κ2) is 6.18. The molecule has 0 saturated carbocycles. The Kier molecular flexibility index (Phi) is 4.34. The zero-order valence-corrected chi connectivity index (χ0v) is 11.1. The number of hydrogen-bond acceptors (Lipinski definition) is 3. The van der Waals surface area contributed by atoms with Gasteiger partial charge in [-0.3, -0.25) is 0 Å². The first-order valence-corrected chi connectivity index (χ1v) is 6.18. The van der Waals surface area contributed by atoms with Gasteiger partial charge in [0, 0.05) is 6.04 Å². The first-order valence-electron chi connectivity index (χ1n) is 6.18. The maximum absolute atomic E-state index is 12.7. The van der Waals surface area contributed by atoms with E-state index in [0.29, 0.717) is 0 Å². The molecule has 0 saturated heterocycles. The van der Waals surface area contributed by atoms with Gasteiger partial charge in [-0.15, -0.1) is 0 Å². The van der Waals surface area contributed by atoms with Gasteiger partial charge in [0.05, 0.1) is 19.0 Å². The molecule has 2 rings (SSSR count). The quantitative estimate of drug-likeness (QED) is 0.838. The highest BCUT2D eigenvalue weighted by atomic mass is 19.1. The number of pyridine rings is 1. The fraction of sp³-hybridized carbons (Fsp3) is 0.267. The summed E-state index contributed by atoms with van der Waals surface area (Å²) in [7, 11) is 1.65. The number of nitrogens with one attached hydrogen (secondary N) is 1. The van der Waals surface area contributed by atoms with Crippen molar-refractivity contribution in [2.45, 2.75) is 19.4 Å². The van der Waals surface area contributed by atoms with Gasteiger partial charge in [-0.2, -0.15) is 4.39 Å². The molecule has 1 unspecified atom stereocenters. The second-order valence-electron chi connectivity index (χ2n) is 4.47. The van der Waals surface area contributed by atoms with Crippen molar-refractivity contribution in [3.05, 3.63) is 54.1 Å². The fourth-order valence-electron chi connectivity index (χ4n) is 1.91. The maximum atomic E-state index is 12.7. The molecule has 1 N–H and O–H groups in total. The average Bonchev–Trinajstić information content (AvgIpc) is 2.42. The zero-order valence-electron chi connectivity index (χ0n) is 11.1. The normalized spacial score (nSPS) is 11.9. The summed E-state index contributed by atoms with van der Waals surface area (Å²) in [5.74, 6) is 0.389. The lowest BCUT2D eigenvalue weighted by atomic mass is 10.1. The third-order valence-electron chi connectivity index (χ3n) is 2.84. The lowest BCUT2D eigenvalue weighted by Gasteiger charge is -2.15. The molecular formula is C15H17FN2O. The number of ether oxygens (including phenoxy) is 1. The van der Waals surface area contributed by atoms with Crippen LogP contribution >= 0.6 is 0 Å². The molecule has 1 aromatic carbocycles. The van der Waals surface area contributed by atoms with Gasteiger partial charge in [0.1, 0.15) is 5.75 Å². The van der Waals surface area contributed by atoms with Crippen LogP contribution in [0.1, 0.15) is 12.5 Å². The van der Waals surface area contributed by atoms with Crippen molar-refractivity contribution in [3.63, 3.8) is 0 Å². The predicted octanol–water partition coefficient (Wildman–Crippen LogP) is 3.27. The molecule has 3 nitrogen and oxygen atoms in total. The molecule has 0 aliphatic carbocycles. The molecule has 2 aromatic rings. The summed E-state index contributed by atoms with van der Waals surface area (Å²) >= 11 is 0. The summed E-state index contributed by atoms with van der Waals surface area (Å²) < 4.78 is 17.8. The Balaban J connectivity index is 1.92. The Morgan fingerprint density at radius 3 is 2.53 bits per heavy atom. The minimum Gasteiger partial charge on any atom is -0.497 e. The molecule has 0 aliphatic rings. The van der Waals surface area contributed by atoms with Gasteiger partial charge in [0.2, 0.25) is 5.95 Å². The van der Waals surface area contributed by atoms with Crippen LogP contribution in [0.15, 0.2) is 42.6 Å². The third-order valence-corrected chi connectivity index (χ3v) is 2.84. The van der Waals surface area contributed by atoms with Crippen LogP contribution in [0.2, 0.25) is 0 Å². The first kappa shape index (κ1) is 13.3. The van der Waals surface area contributed by atoms with E-state index in [-0.39, 0.29) is 6.04 Å². The second-order valence-corrected chi connectivity index (χ2v) is 4.47. The molecule has 0 aliphatic heterocycles. The summed E-state index contributed by atoms with van der Waals surface area (Å²) in [4.78, 5) is 3.62. The summed E-state index contributed by atoms with van der Waals surface area (Å²) in [5.41, 5.74) is 2.04. The highest BCUT2D eigenvalue weighted by molar-refractivity contribution is 5.41. The number of rotatable bonds is 5. The number of anilines is 1. The maximum Gasteiger partial charge on any atom is 0.212 e. The average molecular weight is 260 g/mol. The van der Waals surface area contributed by atoms with Crippen LogP contribution in [-0.4, -0.2) is 18.1 Å². The lowest BCUT2D eigenvalue weighted by molar-refractivity contribution is 0.414. The van der Waals surface area contributed by atoms with Gasteiger partial charge in [-0.1, -0.05) is 12.1 Å². The highest BCUT2D eigenvalue weighted by Gasteiger charge is 2.04. The van der Waals surface area contributed by atoms with Crippen molar-refractivity contribution in [1.82, 2.24) is 4.98 Å². The van der Waals surface area contributed by atoms with Crippen molar-refractivity contribution in [3.8, 4) is 5.75 Å². The van der Waals surface area contributed by atoms with Crippen LogP contribution in [-0.2, 0) is 6.42 Å². The van der Waals surface area contributed by atoms with Crippen LogP contribution in [0.4, 0.5) is 10.1 Å². The van der Waals surface area contributed by atoms with Gasteiger partial charge in [-0.25, -0.2) is 4.98 Å². The summed E-state index contributed by atoms with van der Waals surface area (Å²) in [6.45, 7) is 2.08. The highest BCUT2D eigenvalue weighted by Crippen LogP contribution is 2.14. The Bertz CT molecular complexity index is 511. The van der Waals surface area contributed by atoms with E-state index in [4.69, 9.17) is 4.74 Å². The molecule has 0 amide bonds. The van der Waals surface area contributed by atoms with Gasteiger partial charge in [0.25, 0.3) is 0 Å². The van der Waals surface area contributed by atoms with Crippen molar-refractivity contribution >= 4 is 5.69 Å². The zero-order chi connectivity index (χ0) is 13.7. The number of benzene rings is 1. The summed E-state index contributed by atoms with van der Waals surface area (Å²) in [6, 6.07) is 11.2. The Labute approximate surface area is 112 Å². The van der Waals surface area contributed by atoms with E-state index in [1.165, 1.54) is 17.8 Å². The monoisotopic (exact) mass is 260 g/mol. The van der Waals surface area contributed by atoms with Gasteiger partial charge >= 0.3 is 0 Å². The molecular weight excluding hydrogens is 243 g/mol. The molecule has 1 aromatic heterocycles. The van der Waals surface area contributed by atoms with Gasteiger partial charge in [-0.05, 0) is 43.2 Å².